The quantitative estimate of drug-likeness (QED) is 0.856. The van der Waals surface area contributed by atoms with Crippen LogP contribution in [0.3, 0.4) is 0 Å². The van der Waals surface area contributed by atoms with Gasteiger partial charge in [0.25, 0.3) is 0 Å². The van der Waals surface area contributed by atoms with E-state index in [-0.39, 0.29) is 0 Å². The van der Waals surface area contributed by atoms with Crippen LogP contribution in [-0.4, -0.2) is 14.2 Å². The van der Waals surface area contributed by atoms with Crippen LogP contribution >= 0.6 is 15.9 Å². The van der Waals surface area contributed by atoms with Gasteiger partial charge in [-0.05, 0) is 19.4 Å². The van der Waals surface area contributed by atoms with Crippen LogP contribution in [0.1, 0.15) is 16.7 Å². The molecule has 86 valence electrons. The van der Waals surface area contributed by atoms with Crippen molar-refractivity contribution in [3.8, 4) is 17.6 Å². The summed E-state index contributed by atoms with van der Waals surface area (Å²) in [7, 11) is 3.19. The molecule has 0 aliphatic carbocycles. The molecule has 0 saturated heterocycles. The second kappa shape index (κ2) is 5.22. The number of ether oxygens (including phenoxy) is 2. The van der Waals surface area contributed by atoms with Gasteiger partial charge in [-0.2, -0.15) is 5.26 Å². The molecule has 1 aromatic carbocycles. The Morgan fingerprint density at radius 1 is 1.12 bits per heavy atom. The van der Waals surface area contributed by atoms with Crippen molar-refractivity contribution in [2.75, 3.05) is 14.2 Å². The molecule has 0 aromatic heterocycles. The Morgan fingerprint density at radius 2 is 1.69 bits per heavy atom. The van der Waals surface area contributed by atoms with Gasteiger partial charge in [0.05, 0.1) is 26.7 Å². The highest BCUT2D eigenvalue weighted by Gasteiger charge is 2.19. The van der Waals surface area contributed by atoms with Crippen molar-refractivity contribution in [1.29, 1.82) is 5.26 Å². The molecular formula is C12H14BrNO2. The molecule has 0 bridgehead atoms. The van der Waals surface area contributed by atoms with E-state index in [0.29, 0.717) is 17.9 Å². The fraction of sp³-hybridized carbons (Fsp3) is 0.417. The molecule has 0 atom stereocenters. The highest BCUT2D eigenvalue weighted by molar-refractivity contribution is 9.10. The summed E-state index contributed by atoms with van der Waals surface area (Å²) in [6, 6.07) is 2.14. The van der Waals surface area contributed by atoms with E-state index in [1.165, 1.54) is 0 Å². The van der Waals surface area contributed by atoms with Crippen molar-refractivity contribution < 1.29 is 9.47 Å². The monoisotopic (exact) mass is 283 g/mol. The van der Waals surface area contributed by atoms with Crippen molar-refractivity contribution in [3.05, 3.63) is 21.2 Å². The van der Waals surface area contributed by atoms with Gasteiger partial charge in [-0.15, -0.1) is 0 Å². The summed E-state index contributed by atoms with van der Waals surface area (Å²) in [6.07, 6.45) is 0.310. The van der Waals surface area contributed by atoms with Gasteiger partial charge in [-0.25, -0.2) is 0 Å². The first-order valence-electron chi connectivity index (χ1n) is 4.84. The van der Waals surface area contributed by atoms with Crippen LogP contribution in [0.2, 0.25) is 0 Å². The lowest BCUT2D eigenvalue weighted by molar-refractivity contribution is 0.349. The number of rotatable bonds is 3. The lowest BCUT2D eigenvalue weighted by Gasteiger charge is -2.18. The maximum atomic E-state index is 8.83. The Bertz CT molecular complexity index is 450. The van der Waals surface area contributed by atoms with E-state index in [1.807, 2.05) is 13.8 Å². The van der Waals surface area contributed by atoms with Crippen LogP contribution in [0.4, 0.5) is 0 Å². The van der Waals surface area contributed by atoms with Crippen LogP contribution in [0.5, 0.6) is 11.5 Å². The largest absolute Gasteiger partial charge is 0.493 e. The number of nitrogens with zero attached hydrogens (tertiary/aromatic N) is 1. The van der Waals surface area contributed by atoms with Crippen LogP contribution in [0.15, 0.2) is 4.47 Å². The topological polar surface area (TPSA) is 42.2 Å². The Kier molecular flexibility index (Phi) is 4.19. The number of methoxy groups -OCH3 is 2. The Labute approximate surface area is 104 Å². The lowest BCUT2D eigenvalue weighted by Crippen LogP contribution is -2.02. The molecule has 3 nitrogen and oxygen atoms in total. The van der Waals surface area contributed by atoms with Gasteiger partial charge >= 0.3 is 0 Å². The van der Waals surface area contributed by atoms with Gasteiger partial charge in [0.1, 0.15) is 0 Å². The van der Waals surface area contributed by atoms with Crippen molar-refractivity contribution in [3.63, 3.8) is 0 Å². The summed E-state index contributed by atoms with van der Waals surface area (Å²) in [5.41, 5.74) is 2.88. The third-order valence-electron chi connectivity index (χ3n) is 2.60. The first-order valence-corrected chi connectivity index (χ1v) is 5.64. The van der Waals surface area contributed by atoms with Gasteiger partial charge < -0.3 is 9.47 Å². The molecule has 0 fully saturated rings. The maximum Gasteiger partial charge on any atom is 0.165 e. The minimum atomic E-state index is 0.310. The first kappa shape index (κ1) is 12.9. The van der Waals surface area contributed by atoms with E-state index in [4.69, 9.17) is 14.7 Å². The van der Waals surface area contributed by atoms with E-state index < -0.39 is 0 Å². The SMILES string of the molecule is COc1c(C)c(Br)c(C)c(CC#N)c1OC. The molecule has 1 aromatic rings. The normalized spacial score (nSPS) is 9.75. The average Bonchev–Trinajstić information content (AvgIpc) is 2.29. The fourth-order valence-corrected chi connectivity index (χ4v) is 2.16. The molecule has 0 heterocycles. The molecule has 16 heavy (non-hydrogen) atoms. The molecule has 0 aliphatic heterocycles. The number of nitriles is 1. The Morgan fingerprint density at radius 3 is 2.12 bits per heavy atom. The van der Waals surface area contributed by atoms with Crippen LogP contribution in [-0.2, 0) is 6.42 Å². The summed E-state index contributed by atoms with van der Waals surface area (Å²) in [6.45, 7) is 3.92. The molecule has 4 heteroatoms. The van der Waals surface area contributed by atoms with Crippen molar-refractivity contribution in [1.82, 2.24) is 0 Å². The van der Waals surface area contributed by atoms with Crippen molar-refractivity contribution in [2.24, 2.45) is 0 Å². The molecule has 0 radical (unpaired) electrons. The Balaban J connectivity index is 3.59. The minimum Gasteiger partial charge on any atom is -0.493 e. The first-order chi connectivity index (χ1) is 7.58. The molecule has 0 amide bonds. The van der Waals surface area contributed by atoms with Crippen LogP contribution in [0.25, 0.3) is 0 Å². The molecule has 0 aliphatic rings. The lowest BCUT2D eigenvalue weighted by atomic mass is 10.0. The Hall–Kier alpha value is -1.21. The van der Waals surface area contributed by atoms with Crippen molar-refractivity contribution in [2.45, 2.75) is 20.3 Å². The van der Waals surface area contributed by atoms with E-state index in [9.17, 15) is 0 Å². The zero-order valence-corrected chi connectivity index (χ0v) is 11.4. The summed E-state index contributed by atoms with van der Waals surface area (Å²) < 4.78 is 11.6. The molecular weight excluding hydrogens is 270 g/mol. The predicted molar refractivity (Wildman–Crippen MR) is 66.0 cm³/mol. The number of hydrogen-bond acceptors (Lipinski definition) is 3. The smallest absolute Gasteiger partial charge is 0.165 e. The fourth-order valence-electron chi connectivity index (χ4n) is 1.74. The van der Waals surface area contributed by atoms with Crippen LogP contribution in [0, 0.1) is 25.2 Å². The van der Waals surface area contributed by atoms with Gasteiger partial charge in [0.15, 0.2) is 11.5 Å². The summed E-state index contributed by atoms with van der Waals surface area (Å²) in [5, 5.41) is 8.83. The minimum absolute atomic E-state index is 0.310. The van der Waals surface area contributed by atoms with Gasteiger partial charge in [-0.3, -0.25) is 0 Å². The van der Waals surface area contributed by atoms with Gasteiger partial charge in [0.2, 0.25) is 0 Å². The van der Waals surface area contributed by atoms with Crippen molar-refractivity contribution >= 4 is 15.9 Å². The summed E-state index contributed by atoms with van der Waals surface area (Å²) >= 11 is 3.51. The molecule has 0 N–H and O–H groups in total. The predicted octanol–water partition coefficient (Wildman–Crippen LogP) is 3.15. The van der Waals surface area contributed by atoms with E-state index in [0.717, 1.165) is 21.2 Å². The maximum absolute atomic E-state index is 8.83. The van der Waals surface area contributed by atoms with Gasteiger partial charge in [-0.1, -0.05) is 15.9 Å². The molecule has 0 unspecified atom stereocenters. The highest BCUT2D eigenvalue weighted by atomic mass is 79.9. The van der Waals surface area contributed by atoms with Gasteiger partial charge in [0, 0.05) is 15.6 Å². The summed E-state index contributed by atoms with van der Waals surface area (Å²) in [5.74, 6) is 1.34. The number of halogens is 1. The standard InChI is InChI=1S/C12H14BrNO2/c1-7-9(5-6-14)12(16-4)11(15-3)8(2)10(7)13/h5H2,1-4H3. The second-order valence-corrected chi connectivity index (χ2v) is 4.24. The zero-order chi connectivity index (χ0) is 12.3. The third kappa shape index (κ3) is 2.00. The van der Waals surface area contributed by atoms with E-state index in [1.54, 1.807) is 14.2 Å². The highest BCUT2D eigenvalue weighted by Crippen LogP contribution is 2.41. The second-order valence-electron chi connectivity index (χ2n) is 3.44. The zero-order valence-electron chi connectivity index (χ0n) is 9.85. The molecule has 1 rings (SSSR count). The molecule has 0 saturated carbocycles. The summed E-state index contributed by atoms with van der Waals surface area (Å²) in [4.78, 5) is 0. The molecule has 0 spiro atoms. The van der Waals surface area contributed by atoms with E-state index >= 15 is 0 Å². The number of benzene rings is 1. The van der Waals surface area contributed by atoms with E-state index in [2.05, 4.69) is 22.0 Å². The third-order valence-corrected chi connectivity index (χ3v) is 3.79. The average molecular weight is 284 g/mol. The number of hydrogen-bond donors (Lipinski definition) is 0. The van der Waals surface area contributed by atoms with Crippen LogP contribution < -0.4 is 9.47 Å².